The molecule has 8 nitrogen and oxygen atoms in total. The minimum absolute atomic E-state index is 0.0485. The SMILES string of the molecule is CCOC(=O)Oc1ccc(C(=O)N2CCN(C(=O)N(C)C)CC2)cc1. The number of piperazine rings is 1. The average molecular weight is 349 g/mol. The number of nitrogens with zero attached hydrogens (tertiary/aromatic N) is 3. The lowest BCUT2D eigenvalue weighted by Crippen LogP contribution is -2.52. The predicted octanol–water partition coefficient (Wildman–Crippen LogP) is 1.66. The molecule has 0 spiro atoms. The fraction of sp³-hybridized carbons (Fsp3) is 0.471. The Morgan fingerprint density at radius 1 is 1.00 bits per heavy atom. The summed E-state index contributed by atoms with van der Waals surface area (Å²) in [5.74, 6) is 0.205. The third-order valence-corrected chi connectivity index (χ3v) is 3.78. The van der Waals surface area contributed by atoms with Gasteiger partial charge in [0.15, 0.2) is 0 Å². The van der Waals surface area contributed by atoms with Crippen molar-refractivity contribution >= 4 is 18.1 Å². The number of rotatable bonds is 3. The van der Waals surface area contributed by atoms with Crippen molar-refractivity contribution in [2.24, 2.45) is 0 Å². The van der Waals surface area contributed by atoms with E-state index in [0.717, 1.165) is 0 Å². The van der Waals surface area contributed by atoms with Crippen LogP contribution in [0.5, 0.6) is 5.75 Å². The molecule has 1 fully saturated rings. The van der Waals surface area contributed by atoms with Gasteiger partial charge in [-0.2, -0.15) is 0 Å². The zero-order chi connectivity index (χ0) is 18.4. The molecule has 1 saturated heterocycles. The molecule has 0 radical (unpaired) electrons. The van der Waals surface area contributed by atoms with Crippen LogP contribution < -0.4 is 4.74 Å². The lowest BCUT2D eigenvalue weighted by Gasteiger charge is -2.36. The van der Waals surface area contributed by atoms with Gasteiger partial charge in [-0.1, -0.05) is 0 Å². The van der Waals surface area contributed by atoms with E-state index in [4.69, 9.17) is 9.47 Å². The summed E-state index contributed by atoms with van der Waals surface area (Å²) >= 11 is 0. The number of benzene rings is 1. The zero-order valence-electron chi connectivity index (χ0n) is 14.7. The van der Waals surface area contributed by atoms with Crippen LogP contribution in [0.15, 0.2) is 24.3 Å². The Kier molecular flexibility index (Phi) is 6.21. The van der Waals surface area contributed by atoms with Crippen LogP contribution in [0, 0.1) is 0 Å². The topological polar surface area (TPSA) is 79.4 Å². The van der Waals surface area contributed by atoms with Gasteiger partial charge in [0, 0.05) is 45.8 Å². The van der Waals surface area contributed by atoms with Crippen molar-refractivity contribution in [1.29, 1.82) is 0 Å². The molecule has 0 bridgehead atoms. The van der Waals surface area contributed by atoms with Crippen molar-refractivity contribution in [3.05, 3.63) is 29.8 Å². The lowest BCUT2D eigenvalue weighted by atomic mass is 10.1. The Balaban J connectivity index is 1.91. The third kappa shape index (κ3) is 4.85. The first-order valence-electron chi connectivity index (χ1n) is 8.12. The highest BCUT2D eigenvalue weighted by Crippen LogP contribution is 2.15. The molecule has 1 aliphatic heterocycles. The van der Waals surface area contributed by atoms with Gasteiger partial charge in [-0.25, -0.2) is 9.59 Å². The van der Waals surface area contributed by atoms with Crippen molar-refractivity contribution in [1.82, 2.24) is 14.7 Å². The molecular formula is C17H23N3O5. The molecule has 1 aliphatic rings. The molecule has 3 amide bonds. The van der Waals surface area contributed by atoms with Gasteiger partial charge in [0.2, 0.25) is 0 Å². The smallest absolute Gasteiger partial charge is 0.434 e. The number of carbonyl (C=O) groups excluding carboxylic acids is 3. The van der Waals surface area contributed by atoms with Gasteiger partial charge < -0.3 is 24.2 Å². The van der Waals surface area contributed by atoms with Crippen LogP contribution >= 0.6 is 0 Å². The van der Waals surface area contributed by atoms with Crippen LogP contribution in [-0.4, -0.2) is 79.7 Å². The van der Waals surface area contributed by atoms with Gasteiger partial charge in [0.1, 0.15) is 5.75 Å². The summed E-state index contributed by atoms with van der Waals surface area (Å²) in [6, 6.07) is 6.27. The number of urea groups is 1. The maximum atomic E-state index is 12.5. The van der Waals surface area contributed by atoms with E-state index < -0.39 is 6.16 Å². The van der Waals surface area contributed by atoms with E-state index in [-0.39, 0.29) is 18.5 Å². The Bertz CT molecular complexity index is 622. The van der Waals surface area contributed by atoms with Gasteiger partial charge in [-0.05, 0) is 31.2 Å². The molecule has 0 aromatic heterocycles. The minimum atomic E-state index is -0.775. The first kappa shape index (κ1) is 18.6. The van der Waals surface area contributed by atoms with Crippen LogP contribution in [0.3, 0.4) is 0 Å². The van der Waals surface area contributed by atoms with Crippen molar-refractivity contribution in [2.45, 2.75) is 6.92 Å². The van der Waals surface area contributed by atoms with E-state index in [2.05, 4.69) is 0 Å². The molecule has 0 aliphatic carbocycles. The third-order valence-electron chi connectivity index (χ3n) is 3.78. The highest BCUT2D eigenvalue weighted by molar-refractivity contribution is 5.94. The minimum Gasteiger partial charge on any atom is -0.434 e. The maximum absolute atomic E-state index is 12.5. The summed E-state index contributed by atoms with van der Waals surface area (Å²) in [6.45, 7) is 3.91. The van der Waals surface area contributed by atoms with E-state index in [9.17, 15) is 14.4 Å². The average Bonchev–Trinajstić information content (AvgIpc) is 2.61. The van der Waals surface area contributed by atoms with Gasteiger partial charge in [0.05, 0.1) is 6.61 Å². The summed E-state index contributed by atoms with van der Waals surface area (Å²) in [7, 11) is 3.42. The Morgan fingerprint density at radius 3 is 2.08 bits per heavy atom. The summed E-state index contributed by atoms with van der Waals surface area (Å²) in [6.07, 6.45) is -0.775. The molecule has 1 aromatic carbocycles. The predicted molar refractivity (Wildman–Crippen MR) is 90.7 cm³/mol. The molecule has 2 rings (SSSR count). The van der Waals surface area contributed by atoms with Gasteiger partial charge in [0.25, 0.3) is 5.91 Å². The molecule has 0 unspecified atom stereocenters. The van der Waals surface area contributed by atoms with E-state index >= 15 is 0 Å². The number of ether oxygens (including phenoxy) is 2. The van der Waals surface area contributed by atoms with Crippen molar-refractivity contribution in [2.75, 3.05) is 46.9 Å². The second-order valence-corrected chi connectivity index (χ2v) is 5.77. The fourth-order valence-corrected chi connectivity index (χ4v) is 2.48. The second kappa shape index (κ2) is 8.36. The number of hydrogen-bond donors (Lipinski definition) is 0. The Hall–Kier alpha value is -2.77. The monoisotopic (exact) mass is 349 g/mol. The molecule has 0 N–H and O–H groups in total. The second-order valence-electron chi connectivity index (χ2n) is 5.77. The van der Waals surface area contributed by atoms with Crippen LogP contribution in [0.2, 0.25) is 0 Å². The number of amides is 3. The van der Waals surface area contributed by atoms with Crippen LogP contribution in [0.25, 0.3) is 0 Å². The molecule has 136 valence electrons. The Labute approximate surface area is 146 Å². The molecule has 25 heavy (non-hydrogen) atoms. The van der Waals surface area contributed by atoms with E-state index in [1.54, 1.807) is 55.1 Å². The van der Waals surface area contributed by atoms with Crippen molar-refractivity contribution in [3.63, 3.8) is 0 Å². The quantitative estimate of drug-likeness (QED) is 0.612. The highest BCUT2D eigenvalue weighted by Gasteiger charge is 2.25. The first-order valence-corrected chi connectivity index (χ1v) is 8.12. The summed E-state index contributed by atoms with van der Waals surface area (Å²) in [5.41, 5.74) is 0.503. The van der Waals surface area contributed by atoms with Gasteiger partial charge >= 0.3 is 12.2 Å². The largest absolute Gasteiger partial charge is 0.513 e. The van der Waals surface area contributed by atoms with Gasteiger partial charge in [-0.15, -0.1) is 0 Å². The molecular weight excluding hydrogens is 326 g/mol. The maximum Gasteiger partial charge on any atom is 0.513 e. The van der Waals surface area contributed by atoms with E-state index in [1.165, 1.54) is 4.90 Å². The molecule has 0 atom stereocenters. The number of carbonyl (C=O) groups is 3. The van der Waals surface area contributed by atoms with Gasteiger partial charge in [-0.3, -0.25) is 4.79 Å². The zero-order valence-corrected chi connectivity index (χ0v) is 14.7. The van der Waals surface area contributed by atoms with Crippen molar-refractivity contribution in [3.8, 4) is 5.75 Å². The summed E-state index contributed by atoms with van der Waals surface area (Å²) in [5, 5.41) is 0. The molecule has 1 aromatic rings. The normalized spacial score (nSPS) is 14.0. The van der Waals surface area contributed by atoms with Crippen LogP contribution in [0.1, 0.15) is 17.3 Å². The fourth-order valence-electron chi connectivity index (χ4n) is 2.48. The molecule has 0 saturated carbocycles. The van der Waals surface area contributed by atoms with Crippen LogP contribution in [-0.2, 0) is 4.74 Å². The first-order chi connectivity index (χ1) is 11.9. The van der Waals surface area contributed by atoms with Crippen molar-refractivity contribution < 1.29 is 23.9 Å². The molecule has 8 heteroatoms. The summed E-state index contributed by atoms with van der Waals surface area (Å²) in [4.78, 5) is 40.7. The molecule has 1 heterocycles. The lowest BCUT2D eigenvalue weighted by molar-refractivity contribution is 0.0650. The standard InChI is InChI=1S/C17H23N3O5/c1-4-24-17(23)25-14-7-5-13(6-8-14)15(21)19-9-11-20(12-10-19)16(22)18(2)3/h5-8H,4,9-12H2,1-3H3. The highest BCUT2D eigenvalue weighted by atomic mass is 16.7. The number of hydrogen-bond acceptors (Lipinski definition) is 5. The van der Waals surface area contributed by atoms with Crippen LogP contribution in [0.4, 0.5) is 9.59 Å². The van der Waals surface area contributed by atoms with E-state index in [0.29, 0.717) is 37.5 Å². The van der Waals surface area contributed by atoms with E-state index in [1.807, 2.05) is 0 Å². The Morgan fingerprint density at radius 2 is 1.56 bits per heavy atom. The summed E-state index contributed by atoms with van der Waals surface area (Å²) < 4.78 is 9.66.